The lowest BCUT2D eigenvalue weighted by Crippen LogP contribution is -2.38. The molecule has 0 unspecified atom stereocenters. The van der Waals surface area contributed by atoms with E-state index in [4.69, 9.17) is 9.47 Å². The Hall–Kier alpha value is -3.48. The highest BCUT2D eigenvalue weighted by molar-refractivity contribution is 5.96. The molecule has 1 amide bonds. The van der Waals surface area contributed by atoms with Crippen molar-refractivity contribution < 1.29 is 23.5 Å². The van der Waals surface area contributed by atoms with Crippen LogP contribution in [0.4, 0.5) is 10.1 Å². The zero-order chi connectivity index (χ0) is 24.0. The lowest BCUT2D eigenvalue weighted by Gasteiger charge is -2.30. The van der Waals surface area contributed by atoms with Crippen LogP contribution in [0.3, 0.4) is 0 Å². The lowest BCUT2D eigenvalue weighted by molar-refractivity contribution is -0.155. The molecule has 6 nitrogen and oxygen atoms in total. The van der Waals surface area contributed by atoms with Gasteiger partial charge in [0.05, 0.1) is 23.7 Å². The number of benzene rings is 2. The molecule has 33 heavy (non-hydrogen) atoms. The highest BCUT2D eigenvalue weighted by atomic mass is 19.1. The van der Waals surface area contributed by atoms with Crippen molar-refractivity contribution in [1.29, 1.82) is 0 Å². The second-order valence-electron chi connectivity index (χ2n) is 8.03. The normalized spacial score (nSPS) is 11.3. The number of amides is 1. The summed E-state index contributed by atoms with van der Waals surface area (Å²) in [5.41, 5.74) is 1.04. The van der Waals surface area contributed by atoms with Gasteiger partial charge in [-0.05, 0) is 43.2 Å². The number of halogens is 1. The van der Waals surface area contributed by atoms with Gasteiger partial charge in [-0.15, -0.1) is 0 Å². The van der Waals surface area contributed by atoms with Crippen molar-refractivity contribution in [1.82, 2.24) is 4.98 Å². The summed E-state index contributed by atoms with van der Waals surface area (Å²) in [5, 5.41) is 0.851. The van der Waals surface area contributed by atoms with Gasteiger partial charge in [0.2, 0.25) is 5.91 Å². The molecular formula is C26H29FN2O4. The molecule has 0 atom stereocenters. The molecule has 1 heterocycles. The summed E-state index contributed by atoms with van der Waals surface area (Å²) in [4.78, 5) is 31.3. The first kappa shape index (κ1) is 24.2. The van der Waals surface area contributed by atoms with E-state index in [1.54, 1.807) is 37.4 Å². The largest absolute Gasteiger partial charge is 0.487 e. The summed E-state index contributed by atoms with van der Waals surface area (Å²) < 4.78 is 24.3. The molecule has 1 aromatic heterocycles. The number of aromatic nitrogens is 1. The van der Waals surface area contributed by atoms with Gasteiger partial charge < -0.3 is 14.4 Å². The Labute approximate surface area is 193 Å². The van der Waals surface area contributed by atoms with Gasteiger partial charge in [0.25, 0.3) is 0 Å². The number of nitrogens with zero attached hydrogens (tertiary/aromatic N) is 2. The first-order valence-corrected chi connectivity index (χ1v) is 10.9. The number of carbonyl (C=O) groups is 2. The molecule has 0 aliphatic heterocycles. The van der Waals surface area contributed by atoms with Crippen molar-refractivity contribution in [3.05, 3.63) is 66.1 Å². The fraction of sp³-hybridized carbons (Fsp3) is 0.346. The van der Waals surface area contributed by atoms with Gasteiger partial charge in [-0.3, -0.25) is 9.59 Å². The van der Waals surface area contributed by atoms with E-state index in [0.717, 1.165) is 5.39 Å². The third kappa shape index (κ3) is 5.48. The maximum absolute atomic E-state index is 13.5. The third-order valence-corrected chi connectivity index (χ3v) is 6.14. The predicted molar refractivity (Wildman–Crippen MR) is 126 cm³/mol. The van der Waals surface area contributed by atoms with Crippen molar-refractivity contribution >= 4 is 28.5 Å². The van der Waals surface area contributed by atoms with Crippen LogP contribution < -0.4 is 9.64 Å². The number of rotatable bonds is 9. The molecule has 0 N–H and O–H groups in total. The fourth-order valence-electron chi connectivity index (χ4n) is 3.78. The Morgan fingerprint density at radius 3 is 2.48 bits per heavy atom. The van der Waals surface area contributed by atoms with Crippen LogP contribution in [0, 0.1) is 11.2 Å². The Bertz CT molecular complexity index is 1140. The van der Waals surface area contributed by atoms with E-state index in [1.165, 1.54) is 24.1 Å². The van der Waals surface area contributed by atoms with E-state index in [0.29, 0.717) is 35.5 Å². The molecule has 0 bridgehead atoms. The molecule has 7 heteroatoms. The molecule has 2 aromatic carbocycles. The molecule has 0 spiro atoms. The minimum absolute atomic E-state index is 0.0613. The second kappa shape index (κ2) is 10.4. The average molecular weight is 453 g/mol. The van der Waals surface area contributed by atoms with Crippen molar-refractivity contribution in [3.63, 3.8) is 0 Å². The van der Waals surface area contributed by atoms with Crippen LogP contribution in [-0.2, 0) is 20.9 Å². The van der Waals surface area contributed by atoms with Gasteiger partial charge in [-0.25, -0.2) is 9.37 Å². The van der Waals surface area contributed by atoms with E-state index in [-0.39, 0.29) is 30.7 Å². The van der Waals surface area contributed by atoms with Crippen LogP contribution in [-0.4, -0.2) is 31.0 Å². The number of ether oxygens (including phenoxy) is 2. The molecule has 3 rings (SSSR count). The summed E-state index contributed by atoms with van der Waals surface area (Å²) in [6.07, 6.45) is 1.09. The number of pyridine rings is 1. The smallest absolute Gasteiger partial charge is 0.312 e. The van der Waals surface area contributed by atoms with E-state index >= 15 is 0 Å². The summed E-state index contributed by atoms with van der Waals surface area (Å²) in [7, 11) is 3.02. The molecule has 3 aromatic rings. The van der Waals surface area contributed by atoms with Crippen LogP contribution in [0.2, 0.25) is 0 Å². The molecular weight excluding hydrogens is 423 g/mol. The zero-order valence-electron chi connectivity index (χ0n) is 19.4. The lowest BCUT2D eigenvalue weighted by atomic mass is 9.79. The number of esters is 1. The Morgan fingerprint density at radius 2 is 1.79 bits per heavy atom. The molecule has 0 radical (unpaired) electrons. The Balaban J connectivity index is 1.71. The van der Waals surface area contributed by atoms with Crippen LogP contribution in [0.25, 0.3) is 10.9 Å². The molecule has 0 aliphatic rings. The quantitative estimate of drug-likeness (QED) is 0.413. The van der Waals surface area contributed by atoms with E-state index in [2.05, 4.69) is 4.98 Å². The molecule has 0 aliphatic carbocycles. The standard InChI is InChI=1S/C26H29FN2O4/c1-5-26(6-2,25(31)32-4)16-24(30)29(3)21-8-7-9-22(15-21)33-17-20-13-11-18-10-12-19(27)14-23(18)28-20/h7-15H,5-6,16-17H2,1-4H3. The van der Waals surface area contributed by atoms with Crippen LogP contribution >= 0.6 is 0 Å². The number of hydrogen-bond acceptors (Lipinski definition) is 5. The van der Waals surface area contributed by atoms with Gasteiger partial charge in [0.1, 0.15) is 18.2 Å². The minimum Gasteiger partial charge on any atom is -0.487 e. The van der Waals surface area contributed by atoms with E-state index in [9.17, 15) is 14.0 Å². The van der Waals surface area contributed by atoms with E-state index in [1.807, 2.05) is 26.0 Å². The number of anilines is 1. The van der Waals surface area contributed by atoms with Gasteiger partial charge in [-0.1, -0.05) is 26.0 Å². The molecule has 174 valence electrons. The zero-order valence-corrected chi connectivity index (χ0v) is 19.4. The first-order valence-electron chi connectivity index (χ1n) is 10.9. The van der Waals surface area contributed by atoms with Crippen molar-refractivity contribution in [2.75, 3.05) is 19.1 Å². The van der Waals surface area contributed by atoms with Crippen LogP contribution in [0.1, 0.15) is 38.8 Å². The monoisotopic (exact) mass is 452 g/mol. The van der Waals surface area contributed by atoms with Crippen molar-refractivity contribution in [2.45, 2.75) is 39.7 Å². The van der Waals surface area contributed by atoms with Crippen molar-refractivity contribution in [3.8, 4) is 5.75 Å². The summed E-state index contributed by atoms with van der Waals surface area (Å²) in [6, 6.07) is 15.3. The van der Waals surface area contributed by atoms with E-state index < -0.39 is 5.41 Å². The second-order valence-corrected chi connectivity index (χ2v) is 8.03. The fourth-order valence-corrected chi connectivity index (χ4v) is 3.78. The highest BCUT2D eigenvalue weighted by Crippen LogP contribution is 2.34. The van der Waals surface area contributed by atoms with Crippen molar-refractivity contribution in [2.24, 2.45) is 5.41 Å². The minimum atomic E-state index is -0.838. The Morgan fingerprint density at radius 1 is 1.06 bits per heavy atom. The molecule has 0 saturated carbocycles. The number of fused-ring (bicyclic) bond motifs is 1. The van der Waals surface area contributed by atoms with Gasteiger partial charge in [0.15, 0.2) is 0 Å². The van der Waals surface area contributed by atoms with Crippen LogP contribution in [0.15, 0.2) is 54.6 Å². The summed E-state index contributed by atoms with van der Waals surface area (Å²) in [6.45, 7) is 3.97. The summed E-state index contributed by atoms with van der Waals surface area (Å²) >= 11 is 0. The number of carbonyl (C=O) groups excluding carboxylic acids is 2. The highest BCUT2D eigenvalue weighted by Gasteiger charge is 2.39. The SMILES string of the molecule is CCC(CC)(CC(=O)N(C)c1cccc(OCc2ccc3ccc(F)cc3n2)c1)C(=O)OC. The first-order chi connectivity index (χ1) is 15.8. The van der Waals surface area contributed by atoms with Gasteiger partial charge in [-0.2, -0.15) is 0 Å². The predicted octanol–water partition coefficient (Wildman–Crippen LogP) is 5.29. The maximum Gasteiger partial charge on any atom is 0.312 e. The Kier molecular flexibility index (Phi) is 7.63. The molecule has 0 saturated heterocycles. The van der Waals surface area contributed by atoms with Gasteiger partial charge in [0, 0.05) is 36.7 Å². The number of methoxy groups -OCH3 is 1. The number of hydrogen-bond donors (Lipinski definition) is 0. The van der Waals surface area contributed by atoms with Crippen LogP contribution in [0.5, 0.6) is 5.75 Å². The average Bonchev–Trinajstić information content (AvgIpc) is 2.84. The molecule has 0 fully saturated rings. The summed E-state index contributed by atoms with van der Waals surface area (Å²) in [5.74, 6) is -0.317. The topological polar surface area (TPSA) is 68.7 Å². The third-order valence-electron chi connectivity index (χ3n) is 6.14. The maximum atomic E-state index is 13.5. The van der Waals surface area contributed by atoms with Gasteiger partial charge >= 0.3 is 5.97 Å².